The van der Waals surface area contributed by atoms with Gasteiger partial charge in [-0.2, -0.15) is 21.4 Å². The van der Waals surface area contributed by atoms with Gasteiger partial charge in [-0.05, 0) is 38.3 Å². The Morgan fingerprint density at radius 3 is 2.76 bits per heavy atom. The number of benzene rings is 1. The van der Waals surface area contributed by atoms with Gasteiger partial charge in [0.1, 0.15) is 11.3 Å². The number of aryl methyl sites for hydroxylation is 1. The molecule has 7 nitrogen and oxygen atoms in total. The molecule has 0 saturated heterocycles. The van der Waals surface area contributed by atoms with E-state index in [1.807, 2.05) is 35.9 Å². The number of nitrogens with zero attached hydrogens (tertiary/aromatic N) is 4. The Labute approximate surface area is 172 Å². The number of aliphatic hydroxyl groups is 1. The van der Waals surface area contributed by atoms with Crippen molar-refractivity contribution in [2.75, 3.05) is 0 Å². The summed E-state index contributed by atoms with van der Waals surface area (Å²) in [6.07, 6.45) is 0.262. The molecule has 0 radical (unpaired) electrons. The summed E-state index contributed by atoms with van der Waals surface area (Å²) in [4.78, 5) is 17.1. The smallest absolute Gasteiger partial charge is 0.229 e. The number of carbonyl (C=O) groups is 1. The van der Waals surface area contributed by atoms with Gasteiger partial charge in [0.05, 0.1) is 11.2 Å². The minimum Gasteiger partial charge on any atom is -0.384 e. The molecule has 0 fully saturated rings. The van der Waals surface area contributed by atoms with Crippen LogP contribution in [-0.2, 0) is 5.60 Å². The zero-order chi connectivity index (χ0) is 20.8. The van der Waals surface area contributed by atoms with Crippen molar-refractivity contribution in [1.29, 1.82) is 0 Å². The predicted octanol–water partition coefficient (Wildman–Crippen LogP) is 4.38. The quantitative estimate of drug-likeness (QED) is 0.474. The Morgan fingerprint density at radius 1 is 1.34 bits per heavy atom. The van der Waals surface area contributed by atoms with Crippen molar-refractivity contribution in [3.05, 3.63) is 58.0 Å². The van der Waals surface area contributed by atoms with Crippen molar-refractivity contribution >= 4 is 28.0 Å². The van der Waals surface area contributed by atoms with Gasteiger partial charge in [-0.3, -0.25) is 4.79 Å². The number of fused-ring (bicyclic) bond motifs is 1. The highest BCUT2D eigenvalue weighted by Crippen LogP contribution is 2.31. The van der Waals surface area contributed by atoms with Gasteiger partial charge in [0.2, 0.25) is 5.89 Å². The molecule has 0 bridgehead atoms. The molecule has 1 aromatic carbocycles. The number of Topliss-reactive ketones (excluding diaryl/α,β-unsaturated/α-hetero) is 1. The number of rotatable bonds is 6. The van der Waals surface area contributed by atoms with Crippen LogP contribution in [0.2, 0.25) is 0 Å². The summed E-state index contributed by atoms with van der Waals surface area (Å²) in [6.45, 7) is 7.06. The van der Waals surface area contributed by atoms with Crippen LogP contribution in [0.4, 0.5) is 0 Å². The topological polar surface area (TPSA) is 94.0 Å². The molecule has 150 valence electrons. The summed E-state index contributed by atoms with van der Waals surface area (Å²) in [5, 5.41) is 23.8. The van der Waals surface area contributed by atoms with Crippen LogP contribution in [0.1, 0.15) is 60.9 Å². The van der Waals surface area contributed by atoms with E-state index in [1.54, 1.807) is 42.9 Å². The van der Waals surface area contributed by atoms with Crippen LogP contribution < -0.4 is 0 Å². The first-order valence-electron chi connectivity index (χ1n) is 9.35. The van der Waals surface area contributed by atoms with E-state index in [2.05, 4.69) is 15.2 Å². The molecule has 0 unspecified atom stereocenters. The van der Waals surface area contributed by atoms with Crippen LogP contribution in [0.15, 0.2) is 39.5 Å². The summed E-state index contributed by atoms with van der Waals surface area (Å²) in [5.74, 6) is 0.829. The molecule has 0 spiro atoms. The second-order valence-corrected chi connectivity index (χ2v) is 8.52. The minimum absolute atomic E-state index is 0.0156. The third kappa shape index (κ3) is 3.73. The summed E-state index contributed by atoms with van der Waals surface area (Å²) in [7, 11) is 0. The molecule has 3 aromatic heterocycles. The van der Waals surface area contributed by atoms with Gasteiger partial charge >= 0.3 is 0 Å². The van der Waals surface area contributed by atoms with Gasteiger partial charge < -0.3 is 9.63 Å². The Bertz CT molecular complexity index is 1170. The summed E-state index contributed by atoms with van der Waals surface area (Å²) < 4.78 is 6.97. The molecule has 29 heavy (non-hydrogen) atoms. The van der Waals surface area contributed by atoms with Crippen molar-refractivity contribution < 1.29 is 14.4 Å². The highest BCUT2D eigenvalue weighted by molar-refractivity contribution is 7.08. The molecule has 8 heteroatoms. The maximum Gasteiger partial charge on any atom is 0.229 e. The van der Waals surface area contributed by atoms with E-state index in [4.69, 9.17) is 4.52 Å². The standard InChI is InChI=1S/C21H22N4O3S/c1-12(20-22-13(2)24-28-20)9-18(26)14-5-6-16-17(10-14)25(15-7-8-29-11-15)23-19(16)21(3,4)27/h5-8,10-12,27H,9H2,1-4H3/t12-/m0/s1. The molecule has 0 amide bonds. The minimum atomic E-state index is -1.10. The highest BCUT2D eigenvalue weighted by Gasteiger charge is 2.26. The van der Waals surface area contributed by atoms with Crippen molar-refractivity contribution in [1.82, 2.24) is 19.9 Å². The Kier molecular flexibility index (Phi) is 4.84. The Balaban J connectivity index is 1.73. The van der Waals surface area contributed by atoms with Crippen molar-refractivity contribution in [2.24, 2.45) is 0 Å². The van der Waals surface area contributed by atoms with E-state index in [0.29, 0.717) is 23.0 Å². The van der Waals surface area contributed by atoms with E-state index >= 15 is 0 Å². The number of carbonyl (C=O) groups excluding carboxylic acids is 1. The fourth-order valence-electron chi connectivity index (χ4n) is 3.31. The normalized spacial score (nSPS) is 13.1. The summed E-state index contributed by atoms with van der Waals surface area (Å²) >= 11 is 1.56. The van der Waals surface area contributed by atoms with Crippen molar-refractivity contribution in [3.8, 4) is 5.69 Å². The lowest BCUT2D eigenvalue weighted by Crippen LogP contribution is -2.17. The van der Waals surface area contributed by atoms with E-state index in [0.717, 1.165) is 16.6 Å². The Hall–Kier alpha value is -2.84. The number of ketones is 1. The third-order valence-corrected chi connectivity index (χ3v) is 5.46. The first-order valence-corrected chi connectivity index (χ1v) is 10.3. The first-order chi connectivity index (χ1) is 13.7. The molecule has 1 N–H and O–H groups in total. The van der Waals surface area contributed by atoms with Crippen LogP contribution >= 0.6 is 11.3 Å². The van der Waals surface area contributed by atoms with Crippen molar-refractivity contribution in [3.63, 3.8) is 0 Å². The van der Waals surface area contributed by atoms with E-state index in [-0.39, 0.29) is 18.1 Å². The zero-order valence-corrected chi connectivity index (χ0v) is 17.5. The van der Waals surface area contributed by atoms with Crippen LogP contribution in [-0.4, -0.2) is 30.8 Å². The maximum atomic E-state index is 12.9. The van der Waals surface area contributed by atoms with Gasteiger partial charge in [-0.1, -0.05) is 24.2 Å². The lowest BCUT2D eigenvalue weighted by molar-refractivity contribution is 0.0749. The number of thiophene rings is 1. The lowest BCUT2D eigenvalue weighted by Gasteiger charge is -2.14. The largest absolute Gasteiger partial charge is 0.384 e. The fraction of sp³-hybridized carbons (Fsp3) is 0.333. The Morgan fingerprint density at radius 2 is 2.14 bits per heavy atom. The molecule has 0 aliphatic carbocycles. The molecule has 0 aliphatic heterocycles. The average Bonchev–Trinajstić information content (AvgIpc) is 3.39. The predicted molar refractivity (Wildman–Crippen MR) is 111 cm³/mol. The second kappa shape index (κ2) is 7.20. The van der Waals surface area contributed by atoms with E-state index in [1.165, 1.54) is 0 Å². The lowest BCUT2D eigenvalue weighted by atomic mass is 9.97. The number of hydrogen-bond donors (Lipinski definition) is 1. The van der Waals surface area contributed by atoms with Gasteiger partial charge in [0.25, 0.3) is 0 Å². The average molecular weight is 410 g/mol. The molecular weight excluding hydrogens is 388 g/mol. The molecule has 4 rings (SSSR count). The van der Waals surface area contributed by atoms with Gasteiger partial charge in [-0.15, -0.1) is 0 Å². The third-order valence-electron chi connectivity index (χ3n) is 4.79. The van der Waals surface area contributed by atoms with Crippen LogP contribution in [0.3, 0.4) is 0 Å². The monoisotopic (exact) mass is 410 g/mol. The zero-order valence-electron chi connectivity index (χ0n) is 16.7. The van der Waals surface area contributed by atoms with Crippen LogP contribution in [0.5, 0.6) is 0 Å². The van der Waals surface area contributed by atoms with Crippen LogP contribution in [0, 0.1) is 6.92 Å². The summed E-state index contributed by atoms with van der Waals surface area (Å²) in [5.41, 5.74) is 1.74. The van der Waals surface area contributed by atoms with Gasteiger partial charge in [-0.25, -0.2) is 4.68 Å². The number of aromatic nitrogens is 4. The second-order valence-electron chi connectivity index (χ2n) is 7.74. The van der Waals surface area contributed by atoms with Crippen molar-refractivity contribution in [2.45, 2.75) is 45.6 Å². The molecule has 0 aliphatic rings. The fourth-order valence-corrected chi connectivity index (χ4v) is 3.93. The number of hydrogen-bond acceptors (Lipinski definition) is 7. The first kappa shape index (κ1) is 19.5. The van der Waals surface area contributed by atoms with E-state index < -0.39 is 5.60 Å². The molecule has 0 saturated carbocycles. The highest BCUT2D eigenvalue weighted by atomic mass is 32.1. The maximum absolute atomic E-state index is 12.9. The van der Waals surface area contributed by atoms with E-state index in [9.17, 15) is 9.90 Å². The molecule has 4 aromatic rings. The summed E-state index contributed by atoms with van der Waals surface area (Å²) in [6, 6.07) is 7.43. The SMILES string of the molecule is Cc1noc([C@@H](C)CC(=O)c2ccc3c(C(C)(C)O)nn(-c4ccsc4)c3c2)n1. The van der Waals surface area contributed by atoms with Crippen LogP contribution in [0.25, 0.3) is 16.6 Å². The molecule has 1 atom stereocenters. The van der Waals surface area contributed by atoms with Gasteiger partial charge in [0.15, 0.2) is 11.6 Å². The molecule has 3 heterocycles. The van der Waals surface area contributed by atoms with Gasteiger partial charge in [0, 0.05) is 28.7 Å². The molecular formula is C21H22N4O3S.